The molecule has 1 saturated heterocycles. The Balaban J connectivity index is 2.14. The van der Waals surface area contributed by atoms with Crippen LogP contribution in [0.2, 0.25) is 0 Å². The molecule has 0 aliphatic carbocycles. The molecule has 1 fully saturated rings. The summed E-state index contributed by atoms with van der Waals surface area (Å²) in [5.74, 6) is 0.105. The number of hydrogen-bond donors (Lipinski definition) is 1. The summed E-state index contributed by atoms with van der Waals surface area (Å²) in [4.78, 5) is 14.3. The quantitative estimate of drug-likeness (QED) is 0.910. The van der Waals surface area contributed by atoms with Crippen LogP contribution in [0, 0.1) is 6.92 Å². The van der Waals surface area contributed by atoms with Crippen LogP contribution in [-0.4, -0.2) is 37.0 Å². The lowest BCUT2D eigenvalue weighted by Crippen LogP contribution is -2.44. The molecule has 1 aliphatic rings. The summed E-state index contributed by atoms with van der Waals surface area (Å²) in [5, 5.41) is 3.32. The Hall–Kier alpha value is -0.870. The van der Waals surface area contributed by atoms with E-state index >= 15 is 0 Å². The maximum absolute atomic E-state index is 12.5. The van der Waals surface area contributed by atoms with Gasteiger partial charge in [0.15, 0.2) is 0 Å². The van der Waals surface area contributed by atoms with Gasteiger partial charge in [-0.1, -0.05) is 6.07 Å². The second-order valence-electron chi connectivity index (χ2n) is 4.88. The third-order valence-electron chi connectivity index (χ3n) is 3.53. The SMILES string of the molecule is Cc1ccc(C(=O)N(C)C2CCNCC2)c(Br)c1. The number of rotatable bonds is 2. The molecule has 0 saturated carbocycles. The lowest BCUT2D eigenvalue weighted by molar-refractivity contribution is 0.0702. The average Bonchev–Trinajstić information content (AvgIpc) is 2.38. The first-order valence-electron chi connectivity index (χ1n) is 6.33. The van der Waals surface area contributed by atoms with Gasteiger partial charge in [-0.2, -0.15) is 0 Å². The minimum atomic E-state index is 0.105. The zero-order valence-corrected chi connectivity index (χ0v) is 12.5. The second-order valence-corrected chi connectivity index (χ2v) is 5.73. The first-order chi connectivity index (χ1) is 8.59. The van der Waals surface area contributed by atoms with Crippen LogP contribution in [0.1, 0.15) is 28.8 Å². The number of carbonyl (C=O) groups excluding carboxylic acids is 1. The van der Waals surface area contributed by atoms with Crippen LogP contribution in [0.5, 0.6) is 0 Å². The van der Waals surface area contributed by atoms with Gasteiger partial charge in [-0.3, -0.25) is 4.79 Å². The van der Waals surface area contributed by atoms with Crippen molar-refractivity contribution in [1.29, 1.82) is 0 Å². The molecule has 98 valence electrons. The molecule has 1 aromatic rings. The van der Waals surface area contributed by atoms with Crippen LogP contribution in [0.15, 0.2) is 22.7 Å². The molecule has 0 aromatic heterocycles. The number of benzene rings is 1. The molecular formula is C14H19BrN2O. The fourth-order valence-electron chi connectivity index (χ4n) is 2.34. The number of hydrogen-bond acceptors (Lipinski definition) is 2. The maximum Gasteiger partial charge on any atom is 0.254 e. The zero-order chi connectivity index (χ0) is 13.1. The summed E-state index contributed by atoms with van der Waals surface area (Å²) in [6.07, 6.45) is 2.07. The van der Waals surface area contributed by atoms with Crippen LogP contribution in [0.4, 0.5) is 0 Å². The molecule has 1 amide bonds. The molecule has 1 heterocycles. The Morgan fingerprint density at radius 3 is 2.67 bits per heavy atom. The van der Waals surface area contributed by atoms with Gasteiger partial charge in [-0.15, -0.1) is 0 Å². The molecule has 4 heteroatoms. The number of aryl methyl sites for hydroxylation is 1. The number of nitrogens with zero attached hydrogens (tertiary/aromatic N) is 1. The molecule has 1 aromatic carbocycles. The van der Waals surface area contributed by atoms with E-state index in [1.54, 1.807) is 0 Å². The molecule has 3 nitrogen and oxygen atoms in total. The first kappa shape index (κ1) is 13.6. The number of piperidine rings is 1. The number of halogens is 1. The first-order valence-corrected chi connectivity index (χ1v) is 7.13. The van der Waals surface area contributed by atoms with E-state index < -0.39 is 0 Å². The Labute approximate surface area is 117 Å². The van der Waals surface area contributed by atoms with E-state index in [0.717, 1.165) is 41.5 Å². The van der Waals surface area contributed by atoms with Crippen molar-refractivity contribution in [2.75, 3.05) is 20.1 Å². The van der Waals surface area contributed by atoms with Gasteiger partial charge in [-0.25, -0.2) is 0 Å². The summed E-state index contributed by atoms with van der Waals surface area (Å²) in [6.45, 7) is 4.02. The minimum Gasteiger partial charge on any atom is -0.339 e. The Bertz CT molecular complexity index is 441. The fourth-order valence-corrected chi connectivity index (χ4v) is 3.01. The zero-order valence-electron chi connectivity index (χ0n) is 10.9. The molecule has 1 N–H and O–H groups in total. The molecule has 2 rings (SSSR count). The van der Waals surface area contributed by atoms with Crippen LogP contribution in [-0.2, 0) is 0 Å². The highest BCUT2D eigenvalue weighted by Crippen LogP contribution is 2.21. The lowest BCUT2D eigenvalue weighted by atomic mass is 10.0. The van der Waals surface area contributed by atoms with Crippen molar-refractivity contribution in [1.82, 2.24) is 10.2 Å². The van der Waals surface area contributed by atoms with Crippen molar-refractivity contribution in [3.8, 4) is 0 Å². The topological polar surface area (TPSA) is 32.3 Å². The average molecular weight is 311 g/mol. The summed E-state index contributed by atoms with van der Waals surface area (Å²) in [7, 11) is 1.91. The third kappa shape index (κ3) is 2.93. The minimum absolute atomic E-state index is 0.105. The summed E-state index contributed by atoms with van der Waals surface area (Å²) >= 11 is 3.48. The van der Waals surface area contributed by atoms with Crippen molar-refractivity contribution in [3.05, 3.63) is 33.8 Å². The van der Waals surface area contributed by atoms with Crippen LogP contribution < -0.4 is 5.32 Å². The molecule has 0 bridgehead atoms. The highest BCUT2D eigenvalue weighted by atomic mass is 79.9. The molecule has 0 spiro atoms. The molecule has 0 atom stereocenters. The van der Waals surface area contributed by atoms with E-state index in [1.165, 1.54) is 0 Å². The van der Waals surface area contributed by atoms with E-state index in [2.05, 4.69) is 21.2 Å². The van der Waals surface area contributed by atoms with Crippen molar-refractivity contribution in [2.45, 2.75) is 25.8 Å². The van der Waals surface area contributed by atoms with Gasteiger partial charge >= 0.3 is 0 Å². The van der Waals surface area contributed by atoms with E-state index in [4.69, 9.17) is 0 Å². The molecule has 18 heavy (non-hydrogen) atoms. The molecule has 0 radical (unpaired) electrons. The van der Waals surface area contributed by atoms with Gasteiger partial charge in [0.1, 0.15) is 0 Å². The number of nitrogens with one attached hydrogen (secondary N) is 1. The van der Waals surface area contributed by atoms with E-state index in [-0.39, 0.29) is 5.91 Å². The molecule has 1 aliphatic heterocycles. The summed E-state index contributed by atoms with van der Waals surface area (Å²) < 4.78 is 0.883. The Kier molecular flexibility index (Phi) is 4.40. The van der Waals surface area contributed by atoms with Crippen LogP contribution >= 0.6 is 15.9 Å². The second kappa shape index (κ2) is 5.85. The van der Waals surface area contributed by atoms with Gasteiger partial charge in [0.25, 0.3) is 5.91 Å². The van der Waals surface area contributed by atoms with E-state index in [0.29, 0.717) is 6.04 Å². The van der Waals surface area contributed by atoms with Crippen molar-refractivity contribution < 1.29 is 4.79 Å². The summed E-state index contributed by atoms with van der Waals surface area (Å²) in [6, 6.07) is 6.23. The molecule has 0 unspecified atom stereocenters. The Morgan fingerprint density at radius 2 is 2.06 bits per heavy atom. The molecular weight excluding hydrogens is 292 g/mol. The van der Waals surface area contributed by atoms with Crippen molar-refractivity contribution >= 4 is 21.8 Å². The summed E-state index contributed by atoms with van der Waals surface area (Å²) in [5.41, 5.74) is 1.91. The smallest absolute Gasteiger partial charge is 0.254 e. The Morgan fingerprint density at radius 1 is 1.39 bits per heavy atom. The standard InChI is InChI=1S/C14H19BrN2O/c1-10-3-4-12(13(15)9-10)14(18)17(2)11-5-7-16-8-6-11/h3-4,9,11,16H,5-8H2,1-2H3. The largest absolute Gasteiger partial charge is 0.339 e. The highest BCUT2D eigenvalue weighted by molar-refractivity contribution is 9.10. The number of carbonyl (C=O) groups is 1. The number of amides is 1. The van der Waals surface area contributed by atoms with Gasteiger partial charge in [0, 0.05) is 17.6 Å². The van der Waals surface area contributed by atoms with Gasteiger partial charge in [0.2, 0.25) is 0 Å². The van der Waals surface area contributed by atoms with Gasteiger partial charge in [0.05, 0.1) is 5.56 Å². The van der Waals surface area contributed by atoms with Crippen LogP contribution in [0.3, 0.4) is 0 Å². The predicted molar refractivity (Wildman–Crippen MR) is 76.9 cm³/mol. The maximum atomic E-state index is 12.5. The van der Waals surface area contributed by atoms with Crippen molar-refractivity contribution in [3.63, 3.8) is 0 Å². The van der Waals surface area contributed by atoms with Crippen LogP contribution in [0.25, 0.3) is 0 Å². The van der Waals surface area contributed by atoms with Crippen molar-refractivity contribution in [2.24, 2.45) is 0 Å². The third-order valence-corrected chi connectivity index (χ3v) is 4.19. The normalized spacial score (nSPS) is 16.6. The predicted octanol–water partition coefficient (Wildman–Crippen LogP) is 2.58. The van der Waals surface area contributed by atoms with Gasteiger partial charge < -0.3 is 10.2 Å². The highest BCUT2D eigenvalue weighted by Gasteiger charge is 2.23. The monoisotopic (exact) mass is 310 g/mol. The van der Waals surface area contributed by atoms with Gasteiger partial charge in [-0.05, 0) is 66.5 Å². The van der Waals surface area contributed by atoms with E-state index in [9.17, 15) is 4.79 Å². The fraction of sp³-hybridized carbons (Fsp3) is 0.500. The lowest BCUT2D eigenvalue weighted by Gasteiger charge is -2.32. The van der Waals surface area contributed by atoms with E-state index in [1.807, 2.05) is 37.1 Å².